The molecule has 0 aliphatic heterocycles. The largest absolute Gasteiger partial charge is 0.573 e. The van der Waals surface area contributed by atoms with Crippen LogP contribution in [0.2, 0.25) is 0 Å². The van der Waals surface area contributed by atoms with Crippen molar-refractivity contribution in [2.75, 3.05) is 13.7 Å². The van der Waals surface area contributed by atoms with Crippen molar-refractivity contribution in [3.63, 3.8) is 0 Å². The number of rotatable bonds is 7. The molecule has 0 saturated heterocycles. The van der Waals surface area contributed by atoms with Gasteiger partial charge in [-0.2, -0.15) is 0 Å². The summed E-state index contributed by atoms with van der Waals surface area (Å²) in [7, 11) is 1.54. The summed E-state index contributed by atoms with van der Waals surface area (Å²) < 4.78 is 46.6. The van der Waals surface area contributed by atoms with Crippen LogP contribution in [0.4, 0.5) is 13.2 Å². The SMILES string of the molecule is CCNC(=NCc1ccc(OC)nc1)NCc1ccccc1OC(F)(F)F. The number of nitrogens with zero attached hydrogens (tertiary/aromatic N) is 2. The molecule has 0 aliphatic rings. The number of guanidine groups is 1. The summed E-state index contributed by atoms with van der Waals surface area (Å²) >= 11 is 0. The van der Waals surface area contributed by atoms with E-state index in [4.69, 9.17) is 4.74 Å². The summed E-state index contributed by atoms with van der Waals surface area (Å²) in [6.45, 7) is 2.98. The highest BCUT2D eigenvalue weighted by Gasteiger charge is 2.31. The number of aliphatic imine (C=N–C) groups is 1. The van der Waals surface area contributed by atoms with Gasteiger partial charge >= 0.3 is 6.36 Å². The summed E-state index contributed by atoms with van der Waals surface area (Å²) in [4.78, 5) is 8.51. The third kappa shape index (κ3) is 7.04. The van der Waals surface area contributed by atoms with Crippen molar-refractivity contribution in [1.82, 2.24) is 15.6 Å². The number of hydrogen-bond donors (Lipinski definition) is 2. The van der Waals surface area contributed by atoms with Gasteiger partial charge in [0, 0.05) is 30.9 Å². The Morgan fingerprint density at radius 2 is 1.93 bits per heavy atom. The minimum absolute atomic E-state index is 0.124. The van der Waals surface area contributed by atoms with Gasteiger partial charge in [-0.25, -0.2) is 9.98 Å². The smallest absolute Gasteiger partial charge is 0.481 e. The van der Waals surface area contributed by atoms with Crippen LogP contribution in [0.25, 0.3) is 0 Å². The minimum atomic E-state index is -4.74. The van der Waals surface area contributed by atoms with Crippen molar-refractivity contribution in [2.24, 2.45) is 4.99 Å². The van der Waals surface area contributed by atoms with Gasteiger partial charge in [0.1, 0.15) is 5.75 Å². The van der Waals surface area contributed by atoms with Crippen LogP contribution >= 0.6 is 0 Å². The number of alkyl halides is 3. The quantitative estimate of drug-likeness (QED) is 0.568. The van der Waals surface area contributed by atoms with E-state index >= 15 is 0 Å². The molecule has 2 aromatic rings. The van der Waals surface area contributed by atoms with Gasteiger partial charge in [0.2, 0.25) is 5.88 Å². The highest BCUT2D eigenvalue weighted by molar-refractivity contribution is 5.79. The molecule has 0 amide bonds. The highest BCUT2D eigenvalue weighted by atomic mass is 19.4. The molecule has 0 spiro atoms. The molecule has 6 nitrogen and oxygen atoms in total. The maximum Gasteiger partial charge on any atom is 0.573 e. The Bertz CT molecular complexity index is 749. The van der Waals surface area contributed by atoms with Crippen LogP contribution in [0.3, 0.4) is 0 Å². The summed E-state index contributed by atoms with van der Waals surface area (Å²) in [5.41, 5.74) is 1.24. The van der Waals surface area contributed by atoms with Crippen LogP contribution < -0.4 is 20.1 Å². The number of methoxy groups -OCH3 is 1. The molecule has 1 aromatic heterocycles. The van der Waals surface area contributed by atoms with E-state index in [2.05, 4.69) is 25.3 Å². The molecule has 27 heavy (non-hydrogen) atoms. The standard InChI is InChI=1S/C18H21F3N4O2/c1-3-22-17(24-11-13-8-9-16(26-2)23-10-13)25-12-14-6-4-5-7-15(14)27-18(19,20)21/h4-10H,3,11-12H2,1-2H3,(H2,22,24,25). The average molecular weight is 382 g/mol. The number of ether oxygens (including phenoxy) is 2. The maximum atomic E-state index is 12.5. The van der Waals surface area contributed by atoms with Crippen molar-refractivity contribution in [3.8, 4) is 11.6 Å². The number of aromatic nitrogens is 1. The molecular weight excluding hydrogens is 361 g/mol. The molecule has 0 atom stereocenters. The third-order valence-corrected chi connectivity index (χ3v) is 3.42. The first-order chi connectivity index (χ1) is 12.9. The van der Waals surface area contributed by atoms with E-state index in [0.29, 0.717) is 30.5 Å². The van der Waals surface area contributed by atoms with E-state index in [-0.39, 0.29) is 12.3 Å². The summed E-state index contributed by atoms with van der Waals surface area (Å²) in [5, 5.41) is 6.05. The van der Waals surface area contributed by atoms with Gasteiger partial charge in [0.15, 0.2) is 5.96 Å². The molecule has 0 saturated carbocycles. The van der Waals surface area contributed by atoms with Crippen LogP contribution in [-0.2, 0) is 13.1 Å². The van der Waals surface area contributed by atoms with Crippen molar-refractivity contribution in [1.29, 1.82) is 0 Å². The Kier molecular flexibility index (Phi) is 7.27. The fourth-order valence-electron chi connectivity index (χ4n) is 2.19. The normalized spacial score (nSPS) is 11.8. The molecule has 2 N–H and O–H groups in total. The molecule has 1 aromatic carbocycles. The highest BCUT2D eigenvalue weighted by Crippen LogP contribution is 2.26. The van der Waals surface area contributed by atoms with E-state index in [1.54, 1.807) is 24.4 Å². The molecule has 0 aliphatic carbocycles. The predicted molar refractivity (Wildman–Crippen MR) is 95.6 cm³/mol. The summed E-state index contributed by atoms with van der Waals surface area (Å²) in [6.07, 6.45) is -3.09. The number of halogens is 3. The zero-order valence-electron chi connectivity index (χ0n) is 15.0. The first-order valence-electron chi connectivity index (χ1n) is 8.26. The van der Waals surface area contributed by atoms with Crippen LogP contribution in [0.1, 0.15) is 18.1 Å². The first-order valence-corrected chi connectivity index (χ1v) is 8.26. The van der Waals surface area contributed by atoms with Gasteiger partial charge < -0.3 is 20.1 Å². The molecule has 0 bridgehead atoms. The van der Waals surface area contributed by atoms with Crippen LogP contribution in [0, 0.1) is 0 Å². The molecule has 1 heterocycles. The third-order valence-electron chi connectivity index (χ3n) is 3.42. The summed E-state index contributed by atoms with van der Waals surface area (Å²) in [5.74, 6) is 0.733. The second kappa shape index (κ2) is 9.65. The Labute approximate surface area is 155 Å². The molecular formula is C18H21F3N4O2. The van der Waals surface area contributed by atoms with E-state index in [1.807, 2.05) is 13.0 Å². The predicted octanol–water partition coefficient (Wildman–Crippen LogP) is 3.24. The second-order valence-corrected chi connectivity index (χ2v) is 5.41. The zero-order valence-corrected chi connectivity index (χ0v) is 15.0. The van der Waals surface area contributed by atoms with Crippen molar-refractivity contribution in [2.45, 2.75) is 26.4 Å². The Balaban J connectivity index is 2.03. The fraction of sp³-hybridized carbons (Fsp3) is 0.333. The molecule has 0 unspecified atom stereocenters. The molecule has 2 rings (SSSR count). The monoisotopic (exact) mass is 382 g/mol. The second-order valence-electron chi connectivity index (χ2n) is 5.41. The Morgan fingerprint density at radius 3 is 2.56 bits per heavy atom. The Hall–Kier alpha value is -2.97. The van der Waals surface area contributed by atoms with Gasteiger partial charge in [0.05, 0.1) is 13.7 Å². The van der Waals surface area contributed by atoms with Gasteiger partial charge in [-0.3, -0.25) is 0 Å². The van der Waals surface area contributed by atoms with Crippen LogP contribution in [0.5, 0.6) is 11.6 Å². The van der Waals surface area contributed by atoms with E-state index in [9.17, 15) is 13.2 Å². The zero-order chi connectivity index (χ0) is 19.7. The molecule has 0 radical (unpaired) electrons. The van der Waals surface area contributed by atoms with Crippen LogP contribution in [0.15, 0.2) is 47.6 Å². The van der Waals surface area contributed by atoms with E-state index in [0.717, 1.165) is 5.56 Å². The van der Waals surface area contributed by atoms with Gasteiger partial charge in [-0.1, -0.05) is 24.3 Å². The molecule has 9 heteroatoms. The average Bonchev–Trinajstić information content (AvgIpc) is 2.64. The van der Waals surface area contributed by atoms with Gasteiger partial charge in [0.25, 0.3) is 0 Å². The van der Waals surface area contributed by atoms with Crippen molar-refractivity contribution >= 4 is 5.96 Å². The number of pyridine rings is 1. The van der Waals surface area contributed by atoms with E-state index in [1.165, 1.54) is 19.2 Å². The number of benzene rings is 1. The number of hydrogen-bond acceptors (Lipinski definition) is 4. The van der Waals surface area contributed by atoms with Crippen LogP contribution in [-0.4, -0.2) is 31.0 Å². The van der Waals surface area contributed by atoms with Gasteiger partial charge in [-0.05, 0) is 18.6 Å². The topological polar surface area (TPSA) is 67.8 Å². The van der Waals surface area contributed by atoms with Crippen molar-refractivity contribution in [3.05, 3.63) is 53.7 Å². The lowest BCUT2D eigenvalue weighted by Gasteiger charge is -2.15. The first kappa shape index (κ1) is 20.3. The lowest BCUT2D eigenvalue weighted by atomic mass is 10.2. The lowest BCUT2D eigenvalue weighted by molar-refractivity contribution is -0.274. The van der Waals surface area contributed by atoms with Crippen molar-refractivity contribution < 1.29 is 22.6 Å². The molecule has 0 fully saturated rings. The summed E-state index contributed by atoms with van der Waals surface area (Å²) in [6, 6.07) is 9.54. The Morgan fingerprint density at radius 1 is 1.15 bits per heavy atom. The minimum Gasteiger partial charge on any atom is -0.481 e. The lowest BCUT2D eigenvalue weighted by Crippen LogP contribution is -2.37. The maximum absolute atomic E-state index is 12.5. The number of nitrogens with one attached hydrogen (secondary N) is 2. The number of para-hydroxylation sites is 1. The molecule has 146 valence electrons. The fourth-order valence-corrected chi connectivity index (χ4v) is 2.19. The van der Waals surface area contributed by atoms with Gasteiger partial charge in [-0.15, -0.1) is 13.2 Å². The van der Waals surface area contributed by atoms with E-state index < -0.39 is 6.36 Å².